The molecule has 0 fully saturated rings. The molecule has 1 atom stereocenters. The van der Waals surface area contributed by atoms with E-state index in [1.165, 1.54) is 24.3 Å². The van der Waals surface area contributed by atoms with Crippen molar-refractivity contribution in [3.63, 3.8) is 0 Å². The molecular weight excluding hydrogens is 439 g/mol. The summed E-state index contributed by atoms with van der Waals surface area (Å²) < 4.78 is 38.2. The molecule has 11 heteroatoms. The van der Waals surface area contributed by atoms with Crippen molar-refractivity contribution >= 4 is 11.6 Å². The quantitative estimate of drug-likeness (QED) is 0.433. The summed E-state index contributed by atoms with van der Waals surface area (Å²) in [6.45, 7) is 0.909. The Morgan fingerprint density at radius 2 is 1.82 bits per heavy atom. The van der Waals surface area contributed by atoms with Crippen LogP contribution in [0.25, 0.3) is 0 Å². The van der Waals surface area contributed by atoms with Crippen molar-refractivity contribution in [2.45, 2.75) is 38.3 Å². The first-order valence-electron chi connectivity index (χ1n) is 10.1. The number of carbonyl (C=O) groups is 1. The van der Waals surface area contributed by atoms with Gasteiger partial charge in [-0.1, -0.05) is 24.3 Å². The van der Waals surface area contributed by atoms with Crippen LogP contribution in [-0.4, -0.2) is 31.7 Å². The summed E-state index contributed by atoms with van der Waals surface area (Å²) in [4.78, 5) is 32.7. The second-order valence-electron chi connectivity index (χ2n) is 7.79. The predicted octanol–water partition coefficient (Wildman–Crippen LogP) is 3.58. The smallest absolute Gasteiger partial charge is 0.351 e. The van der Waals surface area contributed by atoms with E-state index < -0.39 is 22.7 Å². The number of nitro benzene ring substituents is 1. The van der Waals surface area contributed by atoms with Crippen molar-refractivity contribution < 1.29 is 22.9 Å². The Labute approximate surface area is 186 Å². The fourth-order valence-electron chi connectivity index (χ4n) is 3.79. The van der Waals surface area contributed by atoms with Crippen molar-refractivity contribution in [1.82, 2.24) is 20.2 Å². The zero-order chi connectivity index (χ0) is 23.6. The average Bonchev–Trinajstić information content (AvgIpc) is 3.24. The van der Waals surface area contributed by atoms with Crippen LogP contribution in [0.15, 0.2) is 54.9 Å². The number of fused-ring (bicyclic) bond motifs is 1. The SMILES string of the molecule is O=C(NCc1ccc(C(F)(F)F)cc1)[C@@H]1Cc2nc[nH]c2CN1Cc1ccc([N+](=O)[O-])cc1. The first-order chi connectivity index (χ1) is 15.7. The molecule has 0 spiro atoms. The van der Waals surface area contributed by atoms with Gasteiger partial charge in [-0.25, -0.2) is 4.98 Å². The Kier molecular flexibility index (Phi) is 6.14. The number of aromatic nitrogens is 2. The molecule has 0 radical (unpaired) electrons. The van der Waals surface area contributed by atoms with Crippen LogP contribution >= 0.6 is 0 Å². The molecule has 1 aliphatic rings. The minimum atomic E-state index is -4.41. The number of non-ortho nitro benzene ring substituents is 1. The monoisotopic (exact) mass is 459 g/mol. The van der Waals surface area contributed by atoms with Crippen LogP contribution in [0, 0.1) is 10.1 Å². The number of imidazole rings is 1. The fourth-order valence-corrected chi connectivity index (χ4v) is 3.79. The second-order valence-corrected chi connectivity index (χ2v) is 7.79. The summed E-state index contributed by atoms with van der Waals surface area (Å²) in [6.07, 6.45) is -2.48. The molecule has 2 aromatic carbocycles. The fraction of sp³-hybridized carbons (Fsp3) is 0.273. The summed E-state index contributed by atoms with van der Waals surface area (Å²) in [6, 6.07) is 10.2. The molecule has 4 rings (SSSR count). The largest absolute Gasteiger partial charge is 0.416 e. The summed E-state index contributed by atoms with van der Waals surface area (Å²) in [5.74, 6) is -0.273. The van der Waals surface area contributed by atoms with Gasteiger partial charge in [0, 0.05) is 38.2 Å². The number of amides is 1. The highest BCUT2D eigenvalue weighted by Gasteiger charge is 2.33. The Morgan fingerprint density at radius 3 is 2.45 bits per heavy atom. The Hall–Kier alpha value is -3.73. The number of hydrogen-bond acceptors (Lipinski definition) is 5. The summed E-state index contributed by atoms with van der Waals surface area (Å²) in [5, 5.41) is 13.7. The van der Waals surface area contributed by atoms with E-state index in [-0.39, 0.29) is 18.1 Å². The van der Waals surface area contributed by atoms with Crippen molar-refractivity contribution in [1.29, 1.82) is 0 Å². The third-order valence-electron chi connectivity index (χ3n) is 5.58. The van der Waals surface area contributed by atoms with Gasteiger partial charge in [-0.3, -0.25) is 19.8 Å². The Balaban J connectivity index is 1.46. The molecule has 1 aliphatic heterocycles. The topological polar surface area (TPSA) is 104 Å². The molecule has 1 aromatic heterocycles. The van der Waals surface area contributed by atoms with Crippen molar-refractivity contribution in [2.24, 2.45) is 0 Å². The maximum atomic E-state index is 13.0. The molecule has 2 heterocycles. The lowest BCUT2D eigenvalue weighted by Crippen LogP contribution is -2.49. The van der Waals surface area contributed by atoms with Crippen LogP contribution in [0.5, 0.6) is 0 Å². The van der Waals surface area contributed by atoms with Crippen LogP contribution in [0.1, 0.15) is 28.1 Å². The molecule has 1 amide bonds. The minimum absolute atomic E-state index is 0.0147. The van der Waals surface area contributed by atoms with Crippen LogP contribution in [0.3, 0.4) is 0 Å². The number of benzene rings is 2. The van der Waals surface area contributed by atoms with Crippen molar-refractivity contribution in [3.8, 4) is 0 Å². The normalized spacial score (nSPS) is 16.3. The lowest BCUT2D eigenvalue weighted by Gasteiger charge is -2.34. The number of rotatable bonds is 6. The van der Waals surface area contributed by atoms with Gasteiger partial charge in [0.25, 0.3) is 5.69 Å². The van der Waals surface area contributed by atoms with Gasteiger partial charge >= 0.3 is 6.18 Å². The highest BCUT2D eigenvalue weighted by Crippen LogP contribution is 2.29. The lowest BCUT2D eigenvalue weighted by molar-refractivity contribution is -0.384. The van der Waals surface area contributed by atoms with Crippen LogP contribution < -0.4 is 5.32 Å². The zero-order valence-electron chi connectivity index (χ0n) is 17.3. The first-order valence-corrected chi connectivity index (χ1v) is 10.1. The summed E-state index contributed by atoms with van der Waals surface area (Å²) in [7, 11) is 0. The van der Waals surface area contributed by atoms with Crippen LogP contribution in [-0.2, 0) is 37.0 Å². The molecule has 8 nitrogen and oxygen atoms in total. The van der Waals surface area contributed by atoms with E-state index in [4.69, 9.17) is 0 Å². The third-order valence-corrected chi connectivity index (χ3v) is 5.58. The van der Waals surface area contributed by atoms with Gasteiger partial charge in [0.15, 0.2) is 0 Å². The minimum Gasteiger partial charge on any atom is -0.351 e. The number of alkyl halides is 3. The molecule has 0 saturated carbocycles. The third kappa shape index (κ3) is 5.20. The van der Waals surface area contributed by atoms with Crippen LogP contribution in [0.4, 0.5) is 18.9 Å². The van der Waals surface area contributed by atoms with Crippen LogP contribution in [0.2, 0.25) is 0 Å². The highest BCUT2D eigenvalue weighted by molar-refractivity contribution is 5.82. The molecule has 0 bridgehead atoms. The summed E-state index contributed by atoms with van der Waals surface area (Å²) in [5.41, 5.74) is 2.27. The van der Waals surface area contributed by atoms with E-state index in [0.29, 0.717) is 25.1 Å². The highest BCUT2D eigenvalue weighted by atomic mass is 19.4. The van der Waals surface area contributed by atoms with Crippen molar-refractivity contribution in [2.75, 3.05) is 0 Å². The number of carbonyl (C=O) groups excluding carboxylic acids is 1. The van der Waals surface area contributed by atoms with E-state index in [1.807, 2.05) is 4.90 Å². The van der Waals surface area contributed by atoms with Gasteiger partial charge in [-0.15, -0.1) is 0 Å². The molecule has 33 heavy (non-hydrogen) atoms. The second kappa shape index (κ2) is 9.02. The number of nitrogens with zero attached hydrogens (tertiary/aromatic N) is 3. The molecule has 3 aromatic rings. The molecule has 172 valence electrons. The molecule has 0 saturated heterocycles. The summed E-state index contributed by atoms with van der Waals surface area (Å²) >= 11 is 0. The van der Waals surface area contributed by atoms with E-state index in [0.717, 1.165) is 29.1 Å². The molecule has 0 aliphatic carbocycles. The molecule has 2 N–H and O–H groups in total. The average molecular weight is 459 g/mol. The number of H-pyrrole nitrogens is 1. The number of aromatic amines is 1. The lowest BCUT2D eigenvalue weighted by atomic mass is 10.0. The zero-order valence-corrected chi connectivity index (χ0v) is 17.3. The number of nitro groups is 1. The Bertz CT molecular complexity index is 1140. The van der Waals surface area contributed by atoms with E-state index in [1.54, 1.807) is 18.5 Å². The van der Waals surface area contributed by atoms with E-state index in [9.17, 15) is 28.1 Å². The molecule has 0 unspecified atom stereocenters. The number of hydrogen-bond donors (Lipinski definition) is 2. The van der Waals surface area contributed by atoms with Crippen molar-refractivity contribution in [3.05, 3.63) is 93.1 Å². The standard InChI is InChI=1S/C22H20F3N5O3/c23-22(24,25)16-5-1-14(2-6-16)10-26-21(31)20-9-18-19(28-13-27-18)12-29(20)11-15-3-7-17(8-4-15)30(32)33/h1-8,13,20H,9-12H2,(H,26,31)(H,27,28)/t20-/m0/s1. The predicted molar refractivity (Wildman–Crippen MR) is 112 cm³/mol. The maximum Gasteiger partial charge on any atom is 0.416 e. The van der Waals surface area contributed by atoms with E-state index in [2.05, 4.69) is 15.3 Å². The van der Waals surface area contributed by atoms with Gasteiger partial charge < -0.3 is 10.3 Å². The van der Waals surface area contributed by atoms with Gasteiger partial charge in [-0.2, -0.15) is 13.2 Å². The number of nitrogens with one attached hydrogen (secondary N) is 2. The molecular formula is C22H20F3N5O3. The Morgan fingerprint density at radius 1 is 1.15 bits per heavy atom. The van der Waals surface area contributed by atoms with Gasteiger partial charge in [-0.05, 0) is 23.3 Å². The number of halogens is 3. The maximum absolute atomic E-state index is 13.0. The van der Waals surface area contributed by atoms with E-state index >= 15 is 0 Å². The van der Waals surface area contributed by atoms with Gasteiger partial charge in [0.2, 0.25) is 5.91 Å². The van der Waals surface area contributed by atoms with Gasteiger partial charge in [0.1, 0.15) is 0 Å². The first kappa shape index (κ1) is 22.5. The van der Waals surface area contributed by atoms with Gasteiger partial charge in [0.05, 0.1) is 34.2 Å².